The van der Waals surface area contributed by atoms with Crippen LogP contribution >= 0.6 is 0 Å². The fraction of sp³-hybridized carbons (Fsp3) is 0.697. The van der Waals surface area contributed by atoms with Crippen LogP contribution in [0.25, 0.3) is 0 Å². The van der Waals surface area contributed by atoms with E-state index in [0.717, 1.165) is 5.57 Å². The van der Waals surface area contributed by atoms with Crippen LogP contribution in [0.5, 0.6) is 0 Å². The smallest absolute Gasteiger partial charge is 0.404 e. The Bertz CT molecular complexity index is 964. The Labute approximate surface area is 257 Å². The summed E-state index contributed by atoms with van der Waals surface area (Å²) in [6.07, 6.45) is 6.04. The molecule has 10 nitrogen and oxygen atoms in total. The molecule has 0 aliphatic carbocycles. The Hall–Kier alpha value is -2.50. The van der Waals surface area contributed by atoms with Gasteiger partial charge in [0.05, 0.1) is 30.3 Å². The molecule has 13 atom stereocenters. The van der Waals surface area contributed by atoms with Gasteiger partial charge in [0.2, 0.25) is 0 Å². The highest BCUT2D eigenvalue weighted by molar-refractivity contribution is 5.73. The molecule has 0 spiro atoms. The third-order valence-corrected chi connectivity index (χ3v) is 8.62. The van der Waals surface area contributed by atoms with E-state index >= 15 is 0 Å². The van der Waals surface area contributed by atoms with E-state index in [2.05, 4.69) is 6.58 Å². The SMILES string of the molecule is C=C/C=C\[C@H](C)[C@H](OC(N)=O)[C@@H](C)[C@H](O)[C@@H](C)C/C(C)=C\[C@H](C)[C@@H](O)[C@@H](C)/C=C\[C@@H](O)C[C@@H]1OC(=O)[C@H](C)[C@@H](O)[C@H]1C.O. The number of primary amides is 1. The van der Waals surface area contributed by atoms with Crippen molar-refractivity contribution in [2.24, 2.45) is 47.2 Å². The number of cyclic esters (lactones) is 1. The molecule has 1 fully saturated rings. The molecule has 1 amide bonds. The van der Waals surface area contributed by atoms with Gasteiger partial charge in [0.15, 0.2) is 0 Å². The average molecular weight is 612 g/mol. The van der Waals surface area contributed by atoms with Gasteiger partial charge in [-0.25, -0.2) is 4.79 Å². The number of hydrogen-bond donors (Lipinski definition) is 5. The van der Waals surface area contributed by atoms with Gasteiger partial charge in [0.1, 0.15) is 12.2 Å². The van der Waals surface area contributed by atoms with Crippen LogP contribution in [-0.4, -0.2) is 74.6 Å². The molecule has 43 heavy (non-hydrogen) atoms. The second-order valence-corrected chi connectivity index (χ2v) is 12.4. The number of carbonyl (C=O) groups is 2. The first-order valence-electron chi connectivity index (χ1n) is 15.0. The topological polar surface area (TPSA) is 191 Å². The van der Waals surface area contributed by atoms with Gasteiger partial charge in [-0.2, -0.15) is 0 Å². The Balaban J connectivity index is 0.0000176. The van der Waals surface area contributed by atoms with E-state index in [9.17, 15) is 30.0 Å². The van der Waals surface area contributed by atoms with E-state index in [1.54, 1.807) is 38.2 Å². The van der Waals surface area contributed by atoms with Crippen molar-refractivity contribution in [3.63, 3.8) is 0 Å². The zero-order valence-electron chi connectivity index (χ0n) is 27.1. The van der Waals surface area contributed by atoms with Gasteiger partial charge < -0.3 is 41.1 Å². The molecule has 1 aliphatic heterocycles. The maximum absolute atomic E-state index is 12.0. The zero-order valence-corrected chi connectivity index (χ0v) is 27.1. The van der Waals surface area contributed by atoms with Crippen LogP contribution in [0.15, 0.2) is 48.6 Å². The van der Waals surface area contributed by atoms with Gasteiger partial charge in [0.25, 0.3) is 0 Å². The van der Waals surface area contributed by atoms with Gasteiger partial charge in [-0.05, 0) is 26.2 Å². The second-order valence-electron chi connectivity index (χ2n) is 12.4. The minimum Gasteiger partial charge on any atom is -0.462 e. The lowest BCUT2D eigenvalue weighted by Gasteiger charge is -2.36. The summed E-state index contributed by atoms with van der Waals surface area (Å²) in [5, 5.41) is 42.8. The summed E-state index contributed by atoms with van der Waals surface area (Å²) in [5.41, 5.74) is 6.30. The van der Waals surface area contributed by atoms with E-state index in [0.29, 0.717) is 6.42 Å². The number of carbonyl (C=O) groups excluding carboxylic acids is 2. The first-order valence-corrected chi connectivity index (χ1v) is 15.0. The van der Waals surface area contributed by atoms with Gasteiger partial charge in [-0.1, -0.05) is 90.2 Å². The Kier molecular flexibility index (Phi) is 17.9. The number of amides is 1. The number of aliphatic hydroxyl groups excluding tert-OH is 4. The van der Waals surface area contributed by atoms with E-state index in [1.165, 1.54) is 0 Å². The van der Waals surface area contributed by atoms with Gasteiger partial charge >= 0.3 is 12.1 Å². The fourth-order valence-corrected chi connectivity index (χ4v) is 5.80. The predicted molar refractivity (Wildman–Crippen MR) is 168 cm³/mol. The van der Waals surface area contributed by atoms with E-state index < -0.39 is 54.6 Å². The van der Waals surface area contributed by atoms with Crippen LogP contribution in [0.1, 0.15) is 68.2 Å². The summed E-state index contributed by atoms with van der Waals surface area (Å²) < 4.78 is 10.8. The second kappa shape index (κ2) is 19.0. The molecule has 1 heterocycles. The number of allylic oxidation sites excluding steroid dienone is 3. The maximum atomic E-state index is 12.0. The molecule has 0 saturated carbocycles. The Morgan fingerprint density at radius 2 is 1.63 bits per heavy atom. The van der Waals surface area contributed by atoms with Crippen molar-refractivity contribution in [1.29, 1.82) is 0 Å². The van der Waals surface area contributed by atoms with E-state index in [-0.39, 0.29) is 47.4 Å². The van der Waals surface area contributed by atoms with Crippen molar-refractivity contribution in [2.45, 2.75) is 105 Å². The monoisotopic (exact) mass is 611 g/mol. The maximum Gasteiger partial charge on any atom is 0.404 e. The van der Waals surface area contributed by atoms with Crippen LogP contribution in [-0.2, 0) is 14.3 Å². The highest BCUT2D eigenvalue weighted by Crippen LogP contribution is 2.30. The lowest BCUT2D eigenvalue weighted by Crippen LogP contribution is -2.47. The van der Waals surface area contributed by atoms with Crippen molar-refractivity contribution in [2.75, 3.05) is 0 Å². The average Bonchev–Trinajstić information content (AvgIpc) is 2.93. The molecule has 0 aromatic rings. The molecule has 0 radical (unpaired) electrons. The largest absolute Gasteiger partial charge is 0.462 e. The fourth-order valence-electron chi connectivity index (χ4n) is 5.80. The lowest BCUT2D eigenvalue weighted by molar-refractivity contribution is -0.179. The first kappa shape index (κ1) is 40.5. The van der Waals surface area contributed by atoms with Crippen LogP contribution in [0.3, 0.4) is 0 Å². The van der Waals surface area contributed by atoms with Gasteiger partial charge in [-0.3, -0.25) is 4.79 Å². The molecule has 1 saturated heterocycles. The predicted octanol–water partition coefficient (Wildman–Crippen LogP) is 3.47. The lowest BCUT2D eigenvalue weighted by atomic mass is 9.81. The molecule has 0 aromatic carbocycles. The number of hydrogen-bond acceptors (Lipinski definition) is 8. The minimum atomic E-state index is -0.894. The van der Waals surface area contributed by atoms with Crippen LogP contribution in [0.2, 0.25) is 0 Å². The van der Waals surface area contributed by atoms with E-state index in [1.807, 2.05) is 53.7 Å². The van der Waals surface area contributed by atoms with Crippen molar-refractivity contribution in [1.82, 2.24) is 0 Å². The Morgan fingerprint density at radius 3 is 2.19 bits per heavy atom. The van der Waals surface area contributed by atoms with Crippen molar-refractivity contribution in [3.05, 3.63) is 48.6 Å². The Morgan fingerprint density at radius 1 is 1.02 bits per heavy atom. The minimum absolute atomic E-state index is 0. The van der Waals surface area contributed by atoms with Crippen molar-refractivity contribution < 1.29 is 45.0 Å². The standard InChI is InChI=1S/C33H55NO8.H2O/c1-10-11-12-20(4)31(42-33(34)40)24(8)29(37)22(6)16-18(2)15-21(5)28(36)19(3)13-14-26(35)17-27-23(7)30(38)25(9)32(39)41-27;/h10-15,19-31,35-38H,1,16-17H2,2-9H3,(H2,34,40);1H2/b12-11-,14-13-,18-15-;/t19-,20-,21-,22-,23-,24-,25+,26+,27-,28-,29+,30-,31-;/m0./s1. The molecule has 248 valence electrons. The summed E-state index contributed by atoms with van der Waals surface area (Å²) in [4.78, 5) is 23.5. The van der Waals surface area contributed by atoms with E-state index in [4.69, 9.17) is 15.2 Å². The number of aliphatic hydroxyl groups is 4. The molecule has 0 unspecified atom stereocenters. The molecular formula is C33H57NO9. The van der Waals surface area contributed by atoms with Crippen LogP contribution < -0.4 is 5.73 Å². The third-order valence-electron chi connectivity index (χ3n) is 8.62. The first-order chi connectivity index (χ1) is 19.5. The molecule has 1 rings (SSSR count). The van der Waals surface area contributed by atoms with Crippen molar-refractivity contribution >= 4 is 12.1 Å². The molecule has 10 heteroatoms. The molecule has 8 N–H and O–H groups in total. The summed E-state index contributed by atoms with van der Waals surface area (Å²) in [7, 11) is 0. The van der Waals surface area contributed by atoms with Gasteiger partial charge in [0, 0.05) is 36.0 Å². The van der Waals surface area contributed by atoms with Crippen LogP contribution in [0.4, 0.5) is 4.79 Å². The molecule has 0 bridgehead atoms. The highest BCUT2D eigenvalue weighted by atomic mass is 16.6. The normalized spacial score (nSPS) is 27.6. The quantitative estimate of drug-likeness (QED) is 0.0995. The summed E-state index contributed by atoms with van der Waals surface area (Å²) in [6, 6.07) is 0. The van der Waals surface area contributed by atoms with Gasteiger partial charge in [-0.15, -0.1) is 0 Å². The van der Waals surface area contributed by atoms with Crippen LogP contribution in [0, 0.1) is 41.4 Å². The number of nitrogens with two attached hydrogens (primary N) is 1. The summed E-state index contributed by atoms with van der Waals surface area (Å²) in [6.45, 7) is 18.5. The third kappa shape index (κ3) is 12.6. The number of rotatable bonds is 16. The molecular weight excluding hydrogens is 554 g/mol. The summed E-state index contributed by atoms with van der Waals surface area (Å²) in [5.74, 6) is -2.52. The zero-order chi connectivity index (χ0) is 32.3. The van der Waals surface area contributed by atoms with Crippen molar-refractivity contribution in [3.8, 4) is 0 Å². The number of esters is 1. The molecule has 0 aromatic heterocycles. The summed E-state index contributed by atoms with van der Waals surface area (Å²) >= 11 is 0. The number of ether oxygens (including phenoxy) is 2. The molecule has 1 aliphatic rings. The highest BCUT2D eigenvalue weighted by Gasteiger charge is 2.41.